The third-order valence-corrected chi connectivity index (χ3v) is 5.47. The normalized spacial score (nSPS) is 23.0. The number of halogens is 3. The fraction of sp³-hybridized carbons (Fsp3) is 0.579. The third-order valence-electron chi connectivity index (χ3n) is 5.47. The van der Waals surface area contributed by atoms with Crippen LogP contribution in [-0.4, -0.2) is 42.9 Å². The van der Waals surface area contributed by atoms with Crippen molar-refractivity contribution in [3.63, 3.8) is 0 Å². The summed E-state index contributed by atoms with van der Waals surface area (Å²) < 4.78 is 27.3. The van der Waals surface area contributed by atoms with Crippen LogP contribution in [0.3, 0.4) is 0 Å². The monoisotopic (exact) mass is 401 g/mol. The van der Waals surface area contributed by atoms with Gasteiger partial charge in [-0.2, -0.15) is 0 Å². The summed E-state index contributed by atoms with van der Waals surface area (Å²) in [5.74, 6) is -0.704. The number of fused-ring (bicyclic) bond motifs is 1. The molecule has 2 aliphatic rings. The molecule has 0 radical (unpaired) electrons. The molecule has 1 aromatic rings. The van der Waals surface area contributed by atoms with E-state index in [1.54, 1.807) is 0 Å². The molecule has 2 amide bonds. The Morgan fingerprint density at radius 1 is 1.22 bits per heavy atom. The number of amides is 2. The Kier molecular flexibility index (Phi) is 7.56. The van der Waals surface area contributed by atoms with E-state index >= 15 is 0 Å². The van der Waals surface area contributed by atoms with Gasteiger partial charge in [0.25, 0.3) is 0 Å². The van der Waals surface area contributed by atoms with Crippen LogP contribution in [0.5, 0.6) is 0 Å². The molecule has 0 bridgehead atoms. The van der Waals surface area contributed by atoms with Gasteiger partial charge in [0.2, 0.25) is 11.8 Å². The summed E-state index contributed by atoms with van der Waals surface area (Å²) in [6.45, 7) is 4.68. The highest BCUT2D eigenvalue weighted by Crippen LogP contribution is 2.28. The van der Waals surface area contributed by atoms with Crippen molar-refractivity contribution >= 4 is 24.2 Å². The molecule has 2 saturated heterocycles. The zero-order valence-electron chi connectivity index (χ0n) is 15.3. The molecule has 1 unspecified atom stereocenters. The lowest BCUT2D eigenvalue weighted by molar-refractivity contribution is -0.132. The van der Waals surface area contributed by atoms with E-state index in [9.17, 15) is 18.4 Å². The minimum atomic E-state index is -0.801. The Bertz CT molecular complexity index is 675. The zero-order valence-corrected chi connectivity index (χ0v) is 16.2. The van der Waals surface area contributed by atoms with Gasteiger partial charge >= 0.3 is 0 Å². The first-order chi connectivity index (χ1) is 12.4. The highest BCUT2D eigenvalue weighted by Gasteiger charge is 2.32. The van der Waals surface area contributed by atoms with Gasteiger partial charge in [0.1, 0.15) is 11.6 Å². The number of nitrogens with zero attached hydrogens (tertiary/aromatic N) is 1. The van der Waals surface area contributed by atoms with E-state index in [0.29, 0.717) is 24.9 Å². The molecule has 2 aliphatic heterocycles. The van der Waals surface area contributed by atoms with Crippen molar-refractivity contribution in [1.29, 1.82) is 0 Å². The summed E-state index contributed by atoms with van der Waals surface area (Å²) >= 11 is 0. The lowest BCUT2D eigenvalue weighted by Crippen LogP contribution is -2.37. The number of rotatable bonds is 4. The van der Waals surface area contributed by atoms with E-state index in [1.807, 2.05) is 4.90 Å². The SMILES string of the molecule is CC(=O)NC(CC(=O)N1CC[C@@H]2CNC[C@@H]2CC1)c1ccc(F)cc1F.Cl. The molecular formula is C19H26ClF2N3O2. The second-order valence-corrected chi connectivity index (χ2v) is 7.26. The molecule has 8 heteroatoms. The van der Waals surface area contributed by atoms with Gasteiger partial charge in [-0.15, -0.1) is 12.4 Å². The minimum Gasteiger partial charge on any atom is -0.349 e. The Morgan fingerprint density at radius 3 is 2.41 bits per heavy atom. The lowest BCUT2D eigenvalue weighted by Gasteiger charge is -2.25. The van der Waals surface area contributed by atoms with Crippen LogP contribution >= 0.6 is 12.4 Å². The average Bonchev–Trinajstić information content (AvgIpc) is 2.92. The lowest BCUT2D eigenvalue weighted by atomic mass is 9.92. The van der Waals surface area contributed by atoms with E-state index < -0.39 is 17.7 Å². The second-order valence-electron chi connectivity index (χ2n) is 7.26. The maximum atomic E-state index is 14.1. The maximum absolute atomic E-state index is 14.1. The van der Waals surface area contributed by atoms with Gasteiger partial charge in [0.15, 0.2) is 0 Å². The molecule has 27 heavy (non-hydrogen) atoms. The Labute approximate surface area is 164 Å². The van der Waals surface area contributed by atoms with Gasteiger partial charge in [-0.25, -0.2) is 8.78 Å². The van der Waals surface area contributed by atoms with Crippen molar-refractivity contribution in [2.45, 2.75) is 32.2 Å². The fourth-order valence-corrected chi connectivity index (χ4v) is 4.04. The summed E-state index contributed by atoms with van der Waals surface area (Å²) in [4.78, 5) is 26.1. The first-order valence-electron chi connectivity index (χ1n) is 9.14. The topological polar surface area (TPSA) is 61.4 Å². The van der Waals surface area contributed by atoms with E-state index in [1.165, 1.54) is 13.0 Å². The van der Waals surface area contributed by atoms with Crippen LogP contribution in [0.25, 0.3) is 0 Å². The zero-order chi connectivity index (χ0) is 18.7. The summed E-state index contributed by atoms with van der Waals surface area (Å²) in [7, 11) is 0. The van der Waals surface area contributed by atoms with Crippen LogP contribution in [0.2, 0.25) is 0 Å². The molecule has 2 N–H and O–H groups in total. The van der Waals surface area contributed by atoms with Crippen molar-refractivity contribution in [1.82, 2.24) is 15.5 Å². The van der Waals surface area contributed by atoms with Crippen LogP contribution in [0.1, 0.15) is 37.8 Å². The largest absolute Gasteiger partial charge is 0.349 e. The quantitative estimate of drug-likeness (QED) is 0.814. The maximum Gasteiger partial charge on any atom is 0.224 e. The van der Waals surface area contributed by atoms with Crippen molar-refractivity contribution < 1.29 is 18.4 Å². The highest BCUT2D eigenvalue weighted by atomic mass is 35.5. The van der Waals surface area contributed by atoms with E-state index in [4.69, 9.17) is 0 Å². The summed E-state index contributed by atoms with van der Waals surface area (Å²) in [5.41, 5.74) is 0.130. The molecule has 1 aromatic carbocycles. The smallest absolute Gasteiger partial charge is 0.224 e. The van der Waals surface area contributed by atoms with Crippen LogP contribution in [0, 0.1) is 23.5 Å². The van der Waals surface area contributed by atoms with Crippen LogP contribution in [0.15, 0.2) is 18.2 Å². The van der Waals surface area contributed by atoms with Crippen molar-refractivity contribution in [2.24, 2.45) is 11.8 Å². The van der Waals surface area contributed by atoms with Gasteiger partial charge in [-0.1, -0.05) is 6.07 Å². The van der Waals surface area contributed by atoms with Gasteiger partial charge in [0, 0.05) is 31.6 Å². The average molecular weight is 402 g/mol. The number of nitrogens with one attached hydrogen (secondary N) is 2. The Morgan fingerprint density at radius 2 is 1.85 bits per heavy atom. The van der Waals surface area contributed by atoms with Gasteiger partial charge in [-0.05, 0) is 43.8 Å². The van der Waals surface area contributed by atoms with Gasteiger partial charge in [0.05, 0.1) is 12.5 Å². The van der Waals surface area contributed by atoms with Crippen LogP contribution < -0.4 is 10.6 Å². The van der Waals surface area contributed by atoms with Crippen LogP contribution in [0.4, 0.5) is 8.78 Å². The van der Waals surface area contributed by atoms with E-state index in [-0.39, 0.29) is 36.2 Å². The molecule has 0 aromatic heterocycles. The molecule has 5 nitrogen and oxygen atoms in total. The number of benzene rings is 1. The summed E-state index contributed by atoms with van der Waals surface area (Å²) in [6.07, 6.45) is 1.88. The molecule has 2 fully saturated rings. The number of carbonyl (C=O) groups excluding carboxylic acids is 2. The van der Waals surface area contributed by atoms with Crippen molar-refractivity contribution in [3.8, 4) is 0 Å². The van der Waals surface area contributed by atoms with Crippen LogP contribution in [-0.2, 0) is 9.59 Å². The van der Waals surface area contributed by atoms with E-state index in [2.05, 4.69) is 10.6 Å². The number of likely N-dealkylation sites (tertiary alicyclic amines) is 1. The summed E-state index contributed by atoms with van der Waals surface area (Å²) in [5, 5.41) is 6.02. The molecule has 0 aliphatic carbocycles. The highest BCUT2D eigenvalue weighted by molar-refractivity contribution is 5.85. The predicted octanol–water partition coefficient (Wildman–Crippen LogP) is 2.41. The Hall–Kier alpha value is -1.73. The molecule has 2 heterocycles. The standard InChI is InChI=1S/C19H25F2N3O2.ClH/c1-12(25)23-18(16-3-2-15(20)8-17(16)21)9-19(26)24-6-4-13-10-22-11-14(13)5-7-24;/h2-3,8,13-14,18,22H,4-7,9-11H2,1H3,(H,23,25);1H/t13-,14+,18?;. The van der Waals surface area contributed by atoms with Gasteiger partial charge < -0.3 is 15.5 Å². The predicted molar refractivity (Wildman–Crippen MR) is 100 cm³/mol. The Balaban J connectivity index is 0.00000261. The molecule has 3 rings (SSSR count). The van der Waals surface area contributed by atoms with Crippen molar-refractivity contribution in [3.05, 3.63) is 35.4 Å². The number of hydrogen-bond donors (Lipinski definition) is 2. The molecule has 150 valence electrons. The minimum absolute atomic E-state index is 0. The van der Waals surface area contributed by atoms with Crippen molar-refractivity contribution in [2.75, 3.05) is 26.2 Å². The first kappa shape index (κ1) is 21.6. The summed E-state index contributed by atoms with van der Waals surface area (Å²) in [6, 6.07) is 2.40. The second kappa shape index (κ2) is 9.46. The third kappa shape index (κ3) is 5.39. The van der Waals surface area contributed by atoms with E-state index in [0.717, 1.165) is 38.1 Å². The van der Waals surface area contributed by atoms with Gasteiger partial charge in [-0.3, -0.25) is 9.59 Å². The number of carbonyl (C=O) groups is 2. The first-order valence-corrected chi connectivity index (χ1v) is 9.14. The molecule has 0 saturated carbocycles. The molecular weight excluding hydrogens is 376 g/mol. The molecule has 0 spiro atoms. The fourth-order valence-electron chi connectivity index (χ4n) is 4.04. The molecule has 3 atom stereocenters. The number of hydrogen-bond acceptors (Lipinski definition) is 3.